The number of fused-ring (bicyclic) bond motifs is 3. The van der Waals surface area contributed by atoms with Crippen molar-refractivity contribution in [1.29, 1.82) is 0 Å². The van der Waals surface area contributed by atoms with E-state index in [9.17, 15) is 30.3 Å². The highest BCUT2D eigenvalue weighted by Gasteiger charge is 2.44. The van der Waals surface area contributed by atoms with Gasteiger partial charge in [0, 0.05) is 11.6 Å². The maximum Gasteiger partial charge on any atom is 0.239 e. The number of aliphatic hydroxyl groups excluding tert-OH is 3. The molecule has 10 nitrogen and oxygen atoms in total. The summed E-state index contributed by atoms with van der Waals surface area (Å²) in [4.78, 5) is 13.7. The molecular weight excluding hydrogens is 472 g/mol. The lowest BCUT2D eigenvalue weighted by molar-refractivity contribution is -0.268. The van der Waals surface area contributed by atoms with Crippen LogP contribution in [0.15, 0.2) is 45.6 Å². The van der Waals surface area contributed by atoms with Gasteiger partial charge in [0.2, 0.25) is 17.5 Å². The number of phenolic OH excluding ortho intramolecular Hbond substituents is 2. The molecule has 0 spiro atoms. The number of phenols is 2. The summed E-state index contributed by atoms with van der Waals surface area (Å²) in [5.41, 5.74) is -0.578. The van der Waals surface area contributed by atoms with Crippen molar-refractivity contribution in [2.45, 2.75) is 57.1 Å². The quantitative estimate of drug-likeness (QED) is 0.363. The van der Waals surface area contributed by atoms with Crippen LogP contribution in [0, 0.1) is 0 Å². The Hall–Kier alpha value is -3.57. The van der Waals surface area contributed by atoms with Gasteiger partial charge in [-0.2, -0.15) is 0 Å². The van der Waals surface area contributed by atoms with E-state index in [0.29, 0.717) is 16.9 Å². The number of hydrogen-bond donors (Lipinski definition) is 5. The fraction of sp³-hybridized carbons (Fsp3) is 0.346. The second-order valence-corrected chi connectivity index (χ2v) is 9.49. The van der Waals surface area contributed by atoms with Crippen molar-refractivity contribution in [3.63, 3.8) is 0 Å². The molecule has 0 amide bonds. The van der Waals surface area contributed by atoms with Crippen molar-refractivity contribution in [2.75, 3.05) is 0 Å². The zero-order valence-electron chi connectivity index (χ0n) is 19.7. The summed E-state index contributed by atoms with van der Waals surface area (Å²) in [5.74, 6) is -0.570. The third-order valence-corrected chi connectivity index (χ3v) is 6.30. The van der Waals surface area contributed by atoms with Gasteiger partial charge in [0.25, 0.3) is 0 Å². The highest BCUT2D eigenvalue weighted by atomic mass is 16.7. The molecular formula is C26H26O10. The molecule has 1 saturated heterocycles. The summed E-state index contributed by atoms with van der Waals surface area (Å²) < 4.78 is 23.4. The zero-order chi connectivity index (χ0) is 25.9. The molecule has 36 heavy (non-hydrogen) atoms. The summed E-state index contributed by atoms with van der Waals surface area (Å²) in [6, 6.07) is 7.09. The van der Waals surface area contributed by atoms with Gasteiger partial charge in [-0.25, -0.2) is 0 Å². The molecule has 1 aromatic heterocycles. The molecule has 0 radical (unpaired) electrons. The van der Waals surface area contributed by atoms with E-state index in [1.165, 1.54) is 37.3 Å². The molecule has 2 aliphatic heterocycles. The molecule has 3 aromatic rings. The Kier molecular flexibility index (Phi) is 5.72. The van der Waals surface area contributed by atoms with Gasteiger partial charge in [-0.3, -0.25) is 4.79 Å². The SMILES string of the molecule is C[C@@H]1O[C@@H](Oc2c(-c3ccc(O)cc3)oc3c4c(cc(O)c3c2=O)OC(C)(C)C=C4)[C@@H](O)[C@H](O)[C@H]1O. The second-order valence-electron chi connectivity index (χ2n) is 9.49. The summed E-state index contributed by atoms with van der Waals surface area (Å²) in [7, 11) is 0. The predicted octanol–water partition coefficient (Wildman–Crippen LogP) is 2.26. The summed E-state index contributed by atoms with van der Waals surface area (Å²) in [6.45, 7) is 5.15. The Morgan fingerprint density at radius 1 is 1.00 bits per heavy atom. The number of hydrogen-bond acceptors (Lipinski definition) is 10. The van der Waals surface area contributed by atoms with E-state index >= 15 is 0 Å². The van der Waals surface area contributed by atoms with E-state index in [0.717, 1.165) is 0 Å². The first-order chi connectivity index (χ1) is 17.0. The number of rotatable bonds is 3. The van der Waals surface area contributed by atoms with Gasteiger partial charge in [-0.05, 0) is 57.2 Å². The number of benzene rings is 2. The van der Waals surface area contributed by atoms with E-state index in [1.807, 2.05) is 13.8 Å². The van der Waals surface area contributed by atoms with Gasteiger partial charge >= 0.3 is 0 Å². The summed E-state index contributed by atoms with van der Waals surface area (Å²) in [6.07, 6.45) is -3.56. The van der Waals surface area contributed by atoms with Gasteiger partial charge in [-0.1, -0.05) is 0 Å². The lowest BCUT2D eigenvalue weighted by Crippen LogP contribution is -2.58. The molecule has 0 saturated carbocycles. The van der Waals surface area contributed by atoms with Crippen molar-refractivity contribution >= 4 is 17.0 Å². The van der Waals surface area contributed by atoms with Crippen LogP contribution >= 0.6 is 0 Å². The minimum absolute atomic E-state index is 0.0186. The van der Waals surface area contributed by atoms with E-state index in [1.54, 1.807) is 12.2 Å². The normalized spacial score (nSPS) is 26.9. The summed E-state index contributed by atoms with van der Waals surface area (Å²) in [5, 5.41) is 51.0. The first kappa shape index (κ1) is 24.1. The van der Waals surface area contributed by atoms with Crippen LogP contribution in [0.4, 0.5) is 0 Å². The van der Waals surface area contributed by atoms with Gasteiger partial charge < -0.3 is 44.2 Å². The topological polar surface area (TPSA) is 159 Å². The summed E-state index contributed by atoms with van der Waals surface area (Å²) >= 11 is 0. The number of aromatic hydroxyl groups is 2. The van der Waals surface area contributed by atoms with Crippen LogP contribution in [0.25, 0.3) is 28.4 Å². The van der Waals surface area contributed by atoms with E-state index in [-0.39, 0.29) is 22.5 Å². The molecule has 2 aromatic carbocycles. The first-order valence-electron chi connectivity index (χ1n) is 11.4. The van der Waals surface area contributed by atoms with Crippen LogP contribution in [-0.4, -0.2) is 61.8 Å². The molecule has 5 rings (SSSR count). The monoisotopic (exact) mass is 498 g/mol. The van der Waals surface area contributed by atoms with Crippen LogP contribution in [0.1, 0.15) is 26.3 Å². The van der Waals surface area contributed by atoms with E-state index < -0.39 is 53.2 Å². The highest BCUT2D eigenvalue weighted by molar-refractivity contribution is 5.95. The number of ether oxygens (including phenoxy) is 3. The minimum Gasteiger partial charge on any atom is -0.508 e. The van der Waals surface area contributed by atoms with Crippen molar-refractivity contribution in [3.05, 3.63) is 52.2 Å². The Balaban J connectivity index is 1.73. The third kappa shape index (κ3) is 3.97. The molecule has 10 heteroatoms. The zero-order valence-corrected chi connectivity index (χ0v) is 19.7. The molecule has 2 aliphatic rings. The smallest absolute Gasteiger partial charge is 0.239 e. The van der Waals surface area contributed by atoms with Gasteiger partial charge in [0.05, 0.1) is 11.7 Å². The Morgan fingerprint density at radius 2 is 1.69 bits per heavy atom. The maximum absolute atomic E-state index is 13.7. The number of aliphatic hydroxyl groups is 3. The molecule has 0 unspecified atom stereocenters. The highest BCUT2D eigenvalue weighted by Crippen LogP contribution is 2.43. The van der Waals surface area contributed by atoms with E-state index in [4.69, 9.17) is 18.6 Å². The second kappa shape index (κ2) is 8.52. The minimum atomic E-state index is -1.69. The van der Waals surface area contributed by atoms with Crippen LogP contribution in [0.5, 0.6) is 23.0 Å². The molecule has 5 atom stereocenters. The van der Waals surface area contributed by atoms with Gasteiger partial charge in [0.1, 0.15) is 46.5 Å². The van der Waals surface area contributed by atoms with Crippen molar-refractivity contribution in [1.82, 2.24) is 0 Å². The van der Waals surface area contributed by atoms with Crippen molar-refractivity contribution < 1.29 is 44.2 Å². The average molecular weight is 498 g/mol. The lowest BCUT2D eigenvalue weighted by atomic mass is 9.99. The predicted molar refractivity (Wildman–Crippen MR) is 128 cm³/mol. The largest absolute Gasteiger partial charge is 0.508 e. The molecule has 3 heterocycles. The average Bonchev–Trinajstić information content (AvgIpc) is 2.82. The Labute approximate surface area is 205 Å². The molecule has 190 valence electrons. The molecule has 0 bridgehead atoms. The third-order valence-electron chi connectivity index (χ3n) is 6.30. The fourth-order valence-corrected chi connectivity index (χ4v) is 4.31. The molecule has 1 fully saturated rings. The lowest BCUT2D eigenvalue weighted by Gasteiger charge is -2.38. The molecule has 5 N–H and O–H groups in total. The van der Waals surface area contributed by atoms with E-state index in [2.05, 4.69) is 0 Å². The Morgan fingerprint density at radius 3 is 2.39 bits per heavy atom. The van der Waals surface area contributed by atoms with Crippen LogP contribution in [0.2, 0.25) is 0 Å². The fourth-order valence-electron chi connectivity index (χ4n) is 4.31. The van der Waals surface area contributed by atoms with Crippen LogP contribution in [0.3, 0.4) is 0 Å². The molecule has 0 aliphatic carbocycles. The Bertz CT molecular complexity index is 1410. The maximum atomic E-state index is 13.7. The van der Waals surface area contributed by atoms with Crippen LogP contribution < -0.4 is 14.9 Å². The van der Waals surface area contributed by atoms with Gasteiger partial charge in [-0.15, -0.1) is 0 Å². The van der Waals surface area contributed by atoms with Crippen molar-refractivity contribution in [3.8, 4) is 34.3 Å². The van der Waals surface area contributed by atoms with Gasteiger partial charge in [0.15, 0.2) is 11.3 Å². The first-order valence-corrected chi connectivity index (χ1v) is 11.4. The van der Waals surface area contributed by atoms with Crippen molar-refractivity contribution in [2.24, 2.45) is 0 Å². The standard InChI is InChI=1S/C26H26O10/c1-11-18(29)20(31)21(32)25(33-11)35-24-19(30)17-15(28)10-16-14(8-9-26(2,3)36-16)23(17)34-22(24)12-4-6-13(27)7-5-12/h4-11,18,20-21,25,27-29,31-32H,1-3H3/t11-,18-,20+,21-,25-/m0/s1. The van der Waals surface area contributed by atoms with Crippen LogP contribution in [-0.2, 0) is 4.74 Å².